The Kier molecular flexibility index (Phi) is 2.86. The fraction of sp³-hybridized carbons (Fsp3) is 0.235. The van der Waals surface area contributed by atoms with Gasteiger partial charge in [0, 0.05) is 11.8 Å². The third kappa shape index (κ3) is 2.14. The van der Waals surface area contributed by atoms with E-state index < -0.39 is 5.97 Å². The molecule has 1 unspecified atom stereocenters. The molecule has 1 aliphatic rings. The maximum atomic E-state index is 11.4. The molecule has 0 amide bonds. The third-order valence-electron chi connectivity index (χ3n) is 3.95. The Morgan fingerprint density at radius 1 is 0.895 bits per heavy atom. The molecule has 0 radical (unpaired) electrons. The molecule has 1 saturated carbocycles. The van der Waals surface area contributed by atoms with E-state index in [0.29, 0.717) is 0 Å². The topological polar surface area (TPSA) is 37.3 Å². The molecule has 19 heavy (non-hydrogen) atoms. The van der Waals surface area contributed by atoms with Crippen molar-refractivity contribution in [3.63, 3.8) is 0 Å². The number of carbonyl (C=O) groups is 1. The first-order valence-electron chi connectivity index (χ1n) is 6.53. The van der Waals surface area contributed by atoms with Gasteiger partial charge in [-0.15, -0.1) is 0 Å². The lowest BCUT2D eigenvalue weighted by Gasteiger charge is -2.01. The van der Waals surface area contributed by atoms with Gasteiger partial charge in [0.05, 0.1) is 5.92 Å². The molecule has 0 aromatic heterocycles. The Morgan fingerprint density at radius 2 is 1.42 bits per heavy atom. The van der Waals surface area contributed by atoms with Gasteiger partial charge in [0.2, 0.25) is 0 Å². The van der Waals surface area contributed by atoms with Crippen molar-refractivity contribution in [2.24, 2.45) is 5.92 Å². The molecule has 0 bridgehead atoms. The van der Waals surface area contributed by atoms with Crippen molar-refractivity contribution in [1.82, 2.24) is 0 Å². The van der Waals surface area contributed by atoms with E-state index in [1.165, 1.54) is 5.56 Å². The van der Waals surface area contributed by atoms with Crippen molar-refractivity contribution in [2.45, 2.75) is 18.8 Å². The summed E-state index contributed by atoms with van der Waals surface area (Å²) in [6.45, 7) is 2.04. The van der Waals surface area contributed by atoms with Crippen molar-refractivity contribution in [1.29, 1.82) is 0 Å². The van der Waals surface area contributed by atoms with E-state index in [4.69, 9.17) is 0 Å². The molecule has 3 atom stereocenters. The lowest BCUT2D eigenvalue weighted by Crippen LogP contribution is -2.00. The van der Waals surface area contributed by atoms with Crippen molar-refractivity contribution in [3.05, 3.63) is 71.3 Å². The SMILES string of the molecule is Cc1ccc([C@@H]2C(C(=O)O)[C@H]2c2ccccc2)cc1. The highest BCUT2D eigenvalue weighted by atomic mass is 16.4. The minimum absolute atomic E-state index is 0.112. The largest absolute Gasteiger partial charge is 0.481 e. The van der Waals surface area contributed by atoms with Gasteiger partial charge >= 0.3 is 5.97 Å². The predicted octanol–water partition coefficient (Wildman–Crippen LogP) is 3.58. The molecule has 0 heterocycles. The number of carboxylic acids is 1. The van der Waals surface area contributed by atoms with Gasteiger partial charge in [-0.25, -0.2) is 0 Å². The molecule has 1 aliphatic carbocycles. The van der Waals surface area contributed by atoms with Crippen molar-refractivity contribution >= 4 is 5.97 Å². The first-order chi connectivity index (χ1) is 9.18. The molecule has 1 N–H and O–H groups in total. The van der Waals surface area contributed by atoms with Gasteiger partial charge < -0.3 is 5.11 Å². The smallest absolute Gasteiger partial charge is 0.307 e. The molecular formula is C17H16O2. The fourth-order valence-corrected chi connectivity index (χ4v) is 2.91. The highest BCUT2D eigenvalue weighted by Crippen LogP contribution is 2.60. The molecular weight excluding hydrogens is 236 g/mol. The Labute approximate surface area is 112 Å². The summed E-state index contributed by atoms with van der Waals surface area (Å²) in [6.07, 6.45) is 0. The monoisotopic (exact) mass is 252 g/mol. The van der Waals surface area contributed by atoms with Crippen molar-refractivity contribution in [2.75, 3.05) is 0 Å². The van der Waals surface area contributed by atoms with Crippen molar-refractivity contribution < 1.29 is 9.90 Å². The first-order valence-corrected chi connectivity index (χ1v) is 6.53. The zero-order chi connectivity index (χ0) is 13.4. The lowest BCUT2D eigenvalue weighted by molar-refractivity contribution is -0.138. The van der Waals surface area contributed by atoms with Gasteiger partial charge in [0.1, 0.15) is 0 Å². The quantitative estimate of drug-likeness (QED) is 0.906. The zero-order valence-electron chi connectivity index (χ0n) is 10.8. The number of aryl methyl sites for hydroxylation is 1. The number of aliphatic carboxylic acids is 1. The standard InChI is InChI=1S/C17H16O2/c1-11-7-9-13(10-8-11)15-14(16(15)17(18)19)12-5-3-2-4-6-12/h2-10,14-16H,1H3,(H,18,19)/t14-,15-,16?/m0/s1. The van der Waals surface area contributed by atoms with Crippen LogP contribution < -0.4 is 0 Å². The lowest BCUT2D eigenvalue weighted by atomic mass is 10.0. The third-order valence-corrected chi connectivity index (χ3v) is 3.95. The Balaban J connectivity index is 1.93. The van der Waals surface area contributed by atoms with E-state index in [0.717, 1.165) is 11.1 Å². The van der Waals surface area contributed by atoms with Crippen LogP contribution >= 0.6 is 0 Å². The predicted molar refractivity (Wildman–Crippen MR) is 74.2 cm³/mol. The van der Waals surface area contributed by atoms with E-state index in [1.54, 1.807) is 0 Å². The molecule has 2 aromatic carbocycles. The van der Waals surface area contributed by atoms with Crippen LogP contribution in [0.2, 0.25) is 0 Å². The number of carboxylic acid groups (broad SMARTS) is 1. The summed E-state index contributed by atoms with van der Waals surface area (Å²) in [5, 5.41) is 9.37. The summed E-state index contributed by atoms with van der Waals surface area (Å²) in [5.74, 6) is -0.758. The molecule has 0 aliphatic heterocycles. The second kappa shape index (κ2) is 4.54. The van der Waals surface area contributed by atoms with E-state index in [2.05, 4.69) is 24.3 Å². The minimum Gasteiger partial charge on any atom is -0.481 e. The van der Waals surface area contributed by atoms with Crippen LogP contribution in [0.5, 0.6) is 0 Å². The summed E-state index contributed by atoms with van der Waals surface area (Å²) in [7, 11) is 0. The van der Waals surface area contributed by atoms with Gasteiger partial charge in [-0.3, -0.25) is 4.79 Å². The molecule has 2 heteroatoms. The fourth-order valence-electron chi connectivity index (χ4n) is 2.91. The Morgan fingerprint density at radius 3 is 1.95 bits per heavy atom. The van der Waals surface area contributed by atoms with Crippen LogP contribution in [-0.2, 0) is 4.79 Å². The summed E-state index contributed by atoms with van der Waals surface area (Å²) in [5.41, 5.74) is 3.46. The maximum Gasteiger partial charge on any atom is 0.307 e. The highest BCUT2D eigenvalue weighted by molar-refractivity contribution is 5.78. The average Bonchev–Trinajstić information content (AvgIpc) is 3.16. The number of rotatable bonds is 3. The van der Waals surface area contributed by atoms with Crippen LogP contribution in [0.25, 0.3) is 0 Å². The molecule has 2 aromatic rings. The number of benzene rings is 2. The molecule has 2 nitrogen and oxygen atoms in total. The molecule has 3 rings (SSSR count). The van der Waals surface area contributed by atoms with E-state index in [-0.39, 0.29) is 17.8 Å². The summed E-state index contributed by atoms with van der Waals surface area (Å²) in [4.78, 5) is 11.4. The Hall–Kier alpha value is -2.09. The van der Waals surface area contributed by atoms with Gasteiger partial charge in [0.15, 0.2) is 0 Å². The molecule has 0 spiro atoms. The minimum atomic E-state index is -0.695. The zero-order valence-corrected chi connectivity index (χ0v) is 10.8. The van der Waals surface area contributed by atoms with Crippen LogP contribution in [-0.4, -0.2) is 11.1 Å². The first kappa shape index (κ1) is 12.0. The van der Waals surface area contributed by atoms with Gasteiger partial charge in [-0.1, -0.05) is 60.2 Å². The van der Waals surface area contributed by atoms with E-state index in [1.807, 2.05) is 37.3 Å². The number of hydrogen-bond acceptors (Lipinski definition) is 1. The molecule has 96 valence electrons. The van der Waals surface area contributed by atoms with Gasteiger partial charge in [0.25, 0.3) is 0 Å². The van der Waals surface area contributed by atoms with Crippen LogP contribution in [0, 0.1) is 12.8 Å². The average molecular weight is 252 g/mol. The normalized spacial score (nSPS) is 25.0. The van der Waals surface area contributed by atoms with Gasteiger partial charge in [-0.2, -0.15) is 0 Å². The summed E-state index contributed by atoms with van der Waals surface area (Å²) >= 11 is 0. The van der Waals surface area contributed by atoms with Crippen LogP contribution in [0.4, 0.5) is 0 Å². The number of hydrogen-bond donors (Lipinski definition) is 1. The van der Waals surface area contributed by atoms with Crippen LogP contribution in [0.3, 0.4) is 0 Å². The second-order valence-corrected chi connectivity index (χ2v) is 5.24. The highest BCUT2D eigenvalue weighted by Gasteiger charge is 2.56. The second-order valence-electron chi connectivity index (χ2n) is 5.24. The van der Waals surface area contributed by atoms with Crippen LogP contribution in [0.15, 0.2) is 54.6 Å². The molecule has 1 fully saturated rings. The van der Waals surface area contributed by atoms with E-state index >= 15 is 0 Å². The Bertz CT molecular complexity index is 586. The van der Waals surface area contributed by atoms with Gasteiger partial charge in [-0.05, 0) is 18.1 Å². The van der Waals surface area contributed by atoms with Crippen LogP contribution in [0.1, 0.15) is 28.5 Å². The molecule has 0 saturated heterocycles. The van der Waals surface area contributed by atoms with E-state index in [9.17, 15) is 9.90 Å². The summed E-state index contributed by atoms with van der Waals surface area (Å²) in [6, 6.07) is 18.2. The summed E-state index contributed by atoms with van der Waals surface area (Å²) < 4.78 is 0. The maximum absolute atomic E-state index is 11.4. The van der Waals surface area contributed by atoms with Crippen molar-refractivity contribution in [3.8, 4) is 0 Å².